The van der Waals surface area contributed by atoms with Crippen molar-refractivity contribution in [3.63, 3.8) is 0 Å². The van der Waals surface area contributed by atoms with Gasteiger partial charge in [0, 0.05) is 12.7 Å². The van der Waals surface area contributed by atoms with Gasteiger partial charge in [0.15, 0.2) is 0 Å². The smallest absolute Gasteiger partial charge is 0.326 e. The van der Waals surface area contributed by atoms with Gasteiger partial charge in [0.1, 0.15) is 6.04 Å². The Morgan fingerprint density at radius 2 is 2.36 bits per heavy atom. The number of aliphatic carboxylic acids is 1. The molecule has 0 spiro atoms. The topological polar surface area (TPSA) is 40.5 Å². The summed E-state index contributed by atoms with van der Waals surface area (Å²) in [5.74, 6) is -0.445. The summed E-state index contributed by atoms with van der Waals surface area (Å²) < 4.78 is 0. The van der Waals surface area contributed by atoms with Crippen LogP contribution in [0, 0.1) is 5.92 Å². The molecule has 0 bridgehead atoms. The van der Waals surface area contributed by atoms with E-state index in [4.69, 9.17) is 5.11 Å². The quantitative estimate of drug-likeness (QED) is 0.612. The van der Waals surface area contributed by atoms with Crippen LogP contribution in [0.5, 0.6) is 0 Å². The minimum Gasteiger partial charge on any atom is -0.480 e. The molecule has 62 valence electrons. The third kappa shape index (κ3) is 1.23. The molecule has 0 saturated carbocycles. The van der Waals surface area contributed by atoms with E-state index in [2.05, 4.69) is 6.58 Å². The molecule has 0 radical (unpaired) electrons. The molecule has 0 aromatic carbocycles. The van der Waals surface area contributed by atoms with Crippen molar-refractivity contribution in [2.24, 2.45) is 5.92 Å². The fourth-order valence-electron chi connectivity index (χ4n) is 1.44. The van der Waals surface area contributed by atoms with Crippen molar-refractivity contribution in [3.05, 3.63) is 12.3 Å². The van der Waals surface area contributed by atoms with Gasteiger partial charge in [0.05, 0.1) is 0 Å². The number of hydrogen-bond acceptors (Lipinski definition) is 2. The molecule has 3 heteroatoms. The second kappa shape index (κ2) is 2.57. The molecule has 0 amide bonds. The summed E-state index contributed by atoms with van der Waals surface area (Å²) in [4.78, 5) is 12.4. The Balaban J connectivity index is 2.75. The molecule has 0 aromatic heterocycles. The van der Waals surface area contributed by atoms with E-state index < -0.39 is 5.97 Å². The van der Waals surface area contributed by atoms with E-state index >= 15 is 0 Å². The van der Waals surface area contributed by atoms with Crippen LogP contribution in [-0.2, 0) is 4.79 Å². The van der Waals surface area contributed by atoms with Gasteiger partial charge in [-0.05, 0) is 12.3 Å². The van der Waals surface area contributed by atoms with Gasteiger partial charge in [-0.1, -0.05) is 13.5 Å². The van der Waals surface area contributed by atoms with Crippen molar-refractivity contribution in [2.45, 2.75) is 19.4 Å². The van der Waals surface area contributed by atoms with Gasteiger partial charge in [0.2, 0.25) is 0 Å². The zero-order valence-corrected chi connectivity index (χ0v) is 6.87. The molecule has 0 aliphatic carbocycles. The Hall–Kier alpha value is -0.990. The lowest BCUT2D eigenvalue weighted by Gasteiger charge is -2.18. The summed E-state index contributed by atoms with van der Waals surface area (Å²) in [6, 6.07) is -0.363. The molecular formula is C8H13NO2. The highest BCUT2D eigenvalue weighted by Crippen LogP contribution is 2.29. The minimum atomic E-state index is -0.752. The van der Waals surface area contributed by atoms with E-state index in [0.717, 1.165) is 5.70 Å². The molecular weight excluding hydrogens is 142 g/mol. The van der Waals surface area contributed by atoms with Crippen molar-refractivity contribution in [2.75, 3.05) is 7.05 Å². The first kappa shape index (κ1) is 8.11. The molecule has 1 saturated heterocycles. The highest BCUT2D eigenvalue weighted by atomic mass is 16.4. The Kier molecular flexibility index (Phi) is 1.89. The molecule has 1 unspecified atom stereocenters. The standard InChI is InChI=1S/C8H13NO2/c1-5-4-7(8(10)11)9(3)6(5)2/h5,7H,2,4H2,1,3H3,(H,10,11)/t5?,7-/m0/s1. The Morgan fingerprint density at radius 1 is 1.82 bits per heavy atom. The zero-order chi connectivity index (χ0) is 8.59. The van der Waals surface area contributed by atoms with Crippen molar-refractivity contribution < 1.29 is 9.90 Å². The first-order valence-electron chi connectivity index (χ1n) is 3.68. The van der Waals surface area contributed by atoms with E-state index in [1.54, 1.807) is 11.9 Å². The van der Waals surface area contributed by atoms with Crippen LogP contribution in [0.2, 0.25) is 0 Å². The maximum atomic E-state index is 10.6. The molecule has 11 heavy (non-hydrogen) atoms. The van der Waals surface area contributed by atoms with Crippen LogP contribution in [0.3, 0.4) is 0 Å². The lowest BCUT2D eigenvalue weighted by Crippen LogP contribution is -2.31. The first-order valence-corrected chi connectivity index (χ1v) is 3.68. The van der Waals surface area contributed by atoms with Crippen LogP contribution < -0.4 is 0 Å². The number of carbonyl (C=O) groups is 1. The lowest BCUT2D eigenvalue weighted by atomic mass is 10.1. The van der Waals surface area contributed by atoms with Crippen LogP contribution in [0.15, 0.2) is 12.3 Å². The van der Waals surface area contributed by atoms with Crippen LogP contribution >= 0.6 is 0 Å². The molecule has 1 N–H and O–H groups in total. The van der Waals surface area contributed by atoms with Crippen LogP contribution in [0.1, 0.15) is 13.3 Å². The Labute approximate surface area is 66.3 Å². The highest BCUT2D eigenvalue weighted by Gasteiger charge is 2.34. The largest absolute Gasteiger partial charge is 0.480 e. The minimum absolute atomic E-state index is 0.307. The number of likely N-dealkylation sites (tertiary alicyclic amines) is 1. The first-order chi connectivity index (χ1) is 5.04. The predicted molar refractivity (Wildman–Crippen MR) is 42.1 cm³/mol. The third-order valence-corrected chi connectivity index (χ3v) is 2.35. The summed E-state index contributed by atoms with van der Waals surface area (Å²) in [6.07, 6.45) is 0.685. The number of likely N-dealkylation sites (N-methyl/N-ethyl adjacent to an activating group) is 1. The molecule has 2 atom stereocenters. The van der Waals surface area contributed by atoms with Crippen molar-refractivity contribution >= 4 is 5.97 Å². The molecule has 1 aliphatic rings. The van der Waals surface area contributed by atoms with Gasteiger partial charge in [-0.3, -0.25) is 0 Å². The predicted octanol–water partition coefficient (Wildman–Crippen LogP) is 0.925. The van der Waals surface area contributed by atoms with Crippen molar-refractivity contribution in [1.82, 2.24) is 4.90 Å². The number of carboxylic acid groups (broad SMARTS) is 1. The second-order valence-electron chi connectivity index (χ2n) is 3.09. The summed E-state index contributed by atoms with van der Waals surface area (Å²) >= 11 is 0. The fourth-order valence-corrected chi connectivity index (χ4v) is 1.44. The molecule has 1 rings (SSSR count). The summed E-state index contributed by atoms with van der Waals surface area (Å²) in [6.45, 7) is 5.81. The highest BCUT2D eigenvalue weighted by molar-refractivity contribution is 5.74. The average Bonchev–Trinajstić information content (AvgIpc) is 2.17. The molecule has 1 aliphatic heterocycles. The summed E-state index contributed by atoms with van der Waals surface area (Å²) in [5, 5.41) is 8.74. The number of allylic oxidation sites excluding steroid dienone is 1. The van der Waals surface area contributed by atoms with Gasteiger partial charge in [-0.2, -0.15) is 0 Å². The van der Waals surface area contributed by atoms with Gasteiger partial charge >= 0.3 is 5.97 Å². The van der Waals surface area contributed by atoms with Crippen LogP contribution in [-0.4, -0.2) is 29.1 Å². The monoisotopic (exact) mass is 155 g/mol. The molecule has 3 nitrogen and oxygen atoms in total. The SMILES string of the molecule is C=C1C(C)C[C@@H](C(=O)O)N1C. The van der Waals surface area contributed by atoms with Crippen LogP contribution in [0.4, 0.5) is 0 Å². The van der Waals surface area contributed by atoms with Crippen molar-refractivity contribution in [1.29, 1.82) is 0 Å². The molecule has 0 aromatic rings. The fraction of sp³-hybridized carbons (Fsp3) is 0.625. The van der Waals surface area contributed by atoms with Gasteiger partial charge in [-0.15, -0.1) is 0 Å². The van der Waals surface area contributed by atoms with Crippen molar-refractivity contribution in [3.8, 4) is 0 Å². The van der Waals surface area contributed by atoms with Gasteiger partial charge in [-0.25, -0.2) is 4.79 Å². The van der Waals surface area contributed by atoms with E-state index in [9.17, 15) is 4.79 Å². The Morgan fingerprint density at radius 3 is 2.55 bits per heavy atom. The van der Waals surface area contributed by atoms with E-state index in [1.165, 1.54) is 0 Å². The van der Waals surface area contributed by atoms with Gasteiger partial charge in [0.25, 0.3) is 0 Å². The normalized spacial score (nSPS) is 31.1. The number of nitrogens with zero attached hydrogens (tertiary/aromatic N) is 1. The zero-order valence-electron chi connectivity index (χ0n) is 6.87. The Bertz CT molecular complexity index is 200. The third-order valence-electron chi connectivity index (χ3n) is 2.35. The van der Waals surface area contributed by atoms with Crippen LogP contribution in [0.25, 0.3) is 0 Å². The average molecular weight is 155 g/mol. The maximum absolute atomic E-state index is 10.6. The maximum Gasteiger partial charge on any atom is 0.326 e. The summed E-state index contributed by atoms with van der Waals surface area (Å²) in [5.41, 5.74) is 0.928. The van der Waals surface area contributed by atoms with E-state index in [-0.39, 0.29) is 6.04 Å². The lowest BCUT2D eigenvalue weighted by molar-refractivity contribution is -0.141. The van der Waals surface area contributed by atoms with E-state index in [0.29, 0.717) is 12.3 Å². The number of carboxylic acids is 1. The number of rotatable bonds is 1. The second-order valence-corrected chi connectivity index (χ2v) is 3.09. The molecule has 1 fully saturated rings. The molecule has 1 heterocycles. The van der Waals surface area contributed by atoms with Gasteiger partial charge < -0.3 is 10.0 Å². The van der Waals surface area contributed by atoms with E-state index in [1.807, 2.05) is 6.92 Å². The summed E-state index contributed by atoms with van der Waals surface area (Å²) in [7, 11) is 1.78. The number of hydrogen-bond donors (Lipinski definition) is 1.